The Morgan fingerprint density at radius 3 is 2.36 bits per heavy atom. The van der Waals surface area contributed by atoms with Gasteiger partial charge >= 0.3 is 0 Å². The molecule has 0 bridgehead atoms. The molecule has 5 heteroatoms. The van der Waals surface area contributed by atoms with Crippen LogP contribution in [-0.2, 0) is 4.79 Å². The number of rotatable bonds is 6. The first-order valence-corrected chi connectivity index (χ1v) is 7.76. The van der Waals surface area contributed by atoms with Crippen molar-refractivity contribution in [1.82, 2.24) is 0 Å². The van der Waals surface area contributed by atoms with E-state index in [1.165, 1.54) is 11.8 Å². The predicted octanol–water partition coefficient (Wildman–Crippen LogP) is 3.82. The van der Waals surface area contributed by atoms with E-state index in [1.54, 1.807) is 32.4 Å². The number of nitrogens with one attached hydrogen (secondary N) is 1. The zero-order valence-corrected chi connectivity index (χ0v) is 13.6. The summed E-state index contributed by atoms with van der Waals surface area (Å²) in [7, 11) is 3.14. The molecule has 0 aliphatic heterocycles. The van der Waals surface area contributed by atoms with Crippen molar-refractivity contribution >= 4 is 23.4 Å². The van der Waals surface area contributed by atoms with Gasteiger partial charge in [0.1, 0.15) is 0 Å². The van der Waals surface area contributed by atoms with E-state index in [0.717, 1.165) is 4.90 Å². The molecule has 2 aromatic carbocycles. The number of carbonyl (C=O) groups is 1. The number of thioether (sulfide) groups is 1. The summed E-state index contributed by atoms with van der Waals surface area (Å²) in [5.41, 5.74) is 0.683. The Morgan fingerprint density at radius 1 is 1.05 bits per heavy atom. The highest BCUT2D eigenvalue weighted by Gasteiger charge is 2.15. The molecule has 116 valence electrons. The van der Waals surface area contributed by atoms with Gasteiger partial charge in [-0.15, -0.1) is 11.8 Å². The molecule has 2 rings (SSSR count). The molecule has 0 unspecified atom stereocenters. The number of anilines is 1. The van der Waals surface area contributed by atoms with Crippen LogP contribution in [0.1, 0.15) is 6.92 Å². The summed E-state index contributed by atoms with van der Waals surface area (Å²) in [5.74, 6) is 1.16. The topological polar surface area (TPSA) is 47.6 Å². The lowest BCUT2D eigenvalue weighted by Gasteiger charge is -2.14. The van der Waals surface area contributed by atoms with E-state index < -0.39 is 0 Å². The highest BCUT2D eigenvalue weighted by atomic mass is 32.2. The first-order valence-electron chi connectivity index (χ1n) is 6.88. The van der Waals surface area contributed by atoms with Gasteiger partial charge in [-0.05, 0) is 31.2 Å². The van der Waals surface area contributed by atoms with Gasteiger partial charge in [-0.1, -0.05) is 18.2 Å². The van der Waals surface area contributed by atoms with E-state index in [-0.39, 0.29) is 11.2 Å². The second-order valence-corrected chi connectivity index (χ2v) is 6.05. The lowest BCUT2D eigenvalue weighted by molar-refractivity contribution is -0.115. The van der Waals surface area contributed by atoms with Crippen molar-refractivity contribution < 1.29 is 14.3 Å². The van der Waals surface area contributed by atoms with Crippen molar-refractivity contribution in [3.63, 3.8) is 0 Å². The van der Waals surface area contributed by atoms with Crippen LogP contribution in [0.25, 0.3) is 0 Å². The van der Waals surface area contributed by atoms with Gasteiger partial charge in [0, 0.05) is 16.6 Å². The van der Waals surface area contributed by atoms with Gasteiger partial charge in [-0.3, -0.25) is 4.79 Å². The Hall–Kier alpha value is -2.14. The molecule has 0 saturated carbocycles. The van der Waals surface area contributed by atoms with Crippen LogP contribution in [0.2, 0.25) is 0 Å². The minimum atomic E-state index is -0.199. The summed E-state index contributed by atoms with van der Waals surface area (Å²) in [6, 6.07) is 15.2. The first-order chi connectivity index (χ1) is 10.6. The summed E-state index contributed by atoms with van der Waals surface area (Å²) in [4.78, 5) is 13.3. The Morgan fingerprint density at radius 2 is 1.73 bits per heavy atom. The van der Waals surface area contributed by atoms with Crippen LogP contribution in [0.4, 0.5) is 5.69 Å². The Bertz CT molecular complexity index is 631. The standard InChI is InChI=1S/C17H19NO3S/c1-12(22-14-7-5-4-6-8-14)17(19)18-13-9-10-15(20-2)16(11-13)21-3/h4-12H,1-3H3,(H,18,19)/t12-/m0/s1. The predicted molar refractivity (Wildman–Crippen MR) is 89.9 cm³/mol. The van der Waals surface area contributed by atoms with Gasteiger partial charge in [-0.25, -0.2) is 0 Å². The summed E-state index contributed by atoms with van der Waals surface area (Å²) in [5, 5.41) is 2.69. The lowest BCUT2D eigenvalue weighted by Crippen LogP contribution is -2.22. The van der Waals surface area contributed by atoms with E-state index in [4.69, 9.17) is 9.47 Å². The number of carbonyl (C=O) groups excluding carboxylic acids is 1. The second-order valence-electron chi connectivity index (χ2n) is 4.63. The number of ether oxygens (including phenoxy) is 2. The Labute approximate surface area is 134 Å². The van der Waals surface area contributed by atoms with Gasteiger partial charge in [-0.2, -0.15) is 0 Å². The van der Waals surface area contributed by atoms with Crippen molar-refractivity contribution in [1.29, 1.82) is 0 Å². The molecular formula is C17H19NO3S. The minimum absolute atomic E-state index is 0.0546. The maximum absolute atomic E-state index is 12.3. The molecule has 0 radical (unpaired) electrons. The molecule has 0 fully saturated rings. The summed E-state index contributed by atoms with van der Waals surface area (Å²) < 4.78 is 10.4. The monoisotopic (exact) mass is 317 g/mol. The second kappa shape index (κ2) is 7.75. The average Bonchev–Trinajstić information content (AvgIpc) is 2.55. The van der Waals surface area contributed by atoms with Crippen molar-refractivity contribution in [3.8, 4) is 11.5 Å². The van der Waals surface area contributed by atoms with Gasteiger partial charge in [0.15, 0.2) is 11.5 Å². The molecule has 0 heterocycles. The molecule has 0 saturated heterocycles. The number of amides is 1. The largest absolute Gasteiger partial charge is 0.493 e. The maximum atomic E-state index is 12.3. The molecule has 1 atom stereocenters. The van der Waals surface area contributed by atoms with Gasteiger partial charge in [0.25, 0.3) is 0 Å². The molecule has 1 amide bonds. The number of hydrogen-bond donors (Lipinski definition) is 1. The van der Waals surface area contributed by atoms with Crippen LogP contribution >= 0.6 is 11.8 Å². The lowest BCUT2D eigenvalue weighted by atomic mass is 10.2. The van der Waals surface area contributed by atoms with Crippen LogP contribution in [0.5, 0.6) is 11.5 Å². The Kier molecular flexibility index (Phi) is 5.72. The summed E-state index contributed by atoms with van der Waals surface area (Å²) >= 11 is 1.52. The quantitative estimate of drug-likeness (QED) is 0.823. The van der Waals surface area contributed by atoms with Crippen molar-refractivity contribution in [3.05, 3.63) is 48.5 Å². The maximum Gasteiger partial charge on any atom is 0.237 e. The van der Waals surface area contributed by atoms with Gasteiger partial charge in [0.2, 0.25) is 5.91 Å². The molecular weight excluding hydrogens is 298 g/mol. The molecule has 1 N–H and O–H groups in total. The molecule has 2 aromatic rings. The average molecular weight is 317 g/mol. The molecule has 0 aliphatic carbocycles. The fraction of sp³-hybridized carbons (Fsp3) is 0.235. The van der Waals surface area contributed by atoms with E-state index in [0.29, 0.717) is 17.2 Å². The van der Waals surface area contributed by atoms with Crippen LogP contribution in [0, 0.1) is 0 Å². The Balaban J connectivity index is 2.02. The van der Waals surface area contributed by atoms with Gasteiger partial charge < -0.3 is 14.8 Å². The SMILES string of the molecule is COc1ccc(NC(=O)[C@H](C)Sc2ccccc2)cc1OC. The molecule has 0 spiro atoms. The third kappa shape index (κ3) is 4.18. The van der Waals surface area contributed by atoms with E-state index in [1.807, 2.05) is 37.3 Å². The van der Waals surface area contributed by atoms with Crippen LogP contribution in [-0.4, -0.2) is 25.4 Å². The highest BCUT2D eigenvalue weighted by Crippen LogP contribution is 2.30. The highest BCUT2D eigenvalue weighted by molar-refractivity contribution is 8.00. The normalized spacial score (nSPS) is 11.6. The summed E-state index contributed by atoms with van der Waals surface area (Å²) in [6.45, 7) is 1.88. The molecule has 0 aromatic heterocycles. The van der Waals surface area contributed by atoms with Crippen molar-refractivity contribution in [2.45, 2.75) is 17.1 Å². The van der Waals surface area contributed by atoms with Crippen molar-refractivity contribution in [2.75, 3.05) is 19.5 Å². The smallest absolute Gasteiger partial charge is 0.237 e. The third-order valence-corrected chi connectivity index (χ3v) is 4.19. The van der Waals surface area contributed by atoms with Crippen LogP contribution < -0.4 is 14.8 Å². The number of methoxy groups -OCH3 is 2. The summed E-state index contributed by atoms with van der Waals surface area (Å²) in [6.07, 6.45) is 0. The first kappa shape index (κ1) is 16.2. The zero-order valence-electron chi connectivity index (χ0n) is 12.8. The van der Waals surface area contributed by atoms with E-state index in [2.05, 4.69) is 5.32 Å². The van der Waals surface area contributed by atoms with Gasteiger partial charge in [0.05, 0.1) is 19.5 Å². The van der Waals surface area contributed by atoms with Crippen LogP contribution in [0.15, 0.2) is 53.4 Å². The van der Waals surface area contributed by atoms with Crippen LogP contribution in [0.3, 0.4) is 0 Å². The number of hydrogen-bond acceptors (Lipinski definition) is 4. The van der Waals surface area contributed by atoms with E-state index >= 15 is 0 Å². The fourth-order valence-electron chi connectivity index (χ4n) is 1.91. The molecule has 0 aliphatic rings. The third-order valence-electron chi connectivity index (χ3n) is 3.08. The number of benzene rings is 2. The minimum Gasteiger partial charge on any atom is -0.493 e. The van der Waals surface area contributed by atoms with Crippen molar-refractivity contribution in [2.24, 2.45) is 0 Å². The fourth-order valence-corrected chi connectivity index (χ4v) is 2.80. The molecule has 22 heavy (non-hydrogen) atoms. The van der Waals surface area contributed by atoms with E-state index in [9.17, 15) is 4.79 Å². The molecule has 4 nitrogen and oxygen atoms in total. The zero-order chi connectivity index (χ0) is 15.9.